The topological polar surface area (TPSA) is 46.2 Å². The highest BCUT2D eigenvalue weighted by atomic mass is 127. The Morgan fingerprint density at radius 2 is 1.55 bits per heavy atom. The van der Waals surface area contributed by atoms with Gasteiger partial charge in [0.15, 0.2) is 0 Å². The smallest absolute Gasteiger partial charge is 0.262 e. The monoisotopic (exact) mass is 433 g/mol. The molecule has 3 nitrogen and oxygen atoms in total. The Hall–Kier alpha value is -1.15. The fraction of sp³-hybridized carbons (Fsp3) is 0.250. The maximum atomic E-state index is 13.9. The van der Waals surface area contributed by atoms with Crippen LogP contribution < -0.4 is 4.72 Å². The highest BCUT2D eigenvalue weighted by Gasteiger charge is 2.23. The van der Waals surface area contributed by atoms with Gasteiger partial charge in [0.25, 0.3) is 10.0 Å². The van der Waals surface area contributed by atoms with Gasteiger partial charge in [-0.1, -0.05) is 6.07 Å². The first-order valence-electron chi connectivity index (χ1n) is 6.68. The Balaban J connectivity index is 2.57. The van der Waals surface area contributed by atoms with E-state index in [1.165, 1.54) is 12.1 Å². The third-order valence-electron chi connectivity index (χ3n) is 3.74. The van der Waals surface area contributed by atoms with Gasteiger partial charge in [0.1, 0.15) is 5.82 Å². The van der Waals surface area contributed by atoms with Crippen molar-refractivity contribution in [1.82, 2.24) is 0 Å². The van der Waals surface area contributed by atoms with Gasteiger partial charge in [0.05, 0.1) is 10.6 Å². The van der Waals surface area contributed by atoms with E-state index >= 15 is 0 Å². The number of anilines is 1. The van der Waals surface area contributed by atoms with Crippen molar-refractivity contribution in [2.75, 3.05) is 4.72 Å². The van der Waals surface area contributed by atoms with E-state index in [-0.39, 0.29) is 10.6 Å². The summed E-state index contributed by atoms with van der Waals surface area (Å²) in [4.78, 5) is 0.225. The van der Waals surface area contributed by atoms with Crippen molar-refractivity contribution in [2.45, 2.75) is 32.6 Å². The fourth-order valence-electron chi connectivity index (χ4n) is 2.35. The summed E-state index contributed by atoms with van der Waals surface area (Å²) >= 11 is 1.97. The molecule has 22 heavy (non-hydrogen) atoms. The molecule has 6 heteroatoms. The molecule has 0 unspecified atom stereocenters. The van der Waals surface area contributed by atoms with Crippen molar-refractivity contribution < 1.29 is 12.8 Å². The highest BCUT2D eigenvalue weighted by Crippen LogP contribution is 2.28. The summed E-state index contributed by atoms with van der Waals surface area (Å²) in [6.45, 7) is 7.26. The number of hydrogen-bond donors (Lipinski definition) is 1. The maximum absolute atomic E-state index is 13.9. The van der Waals surface area contributed by atoms with Crippen LogP contribution in [0.1, 0.15) is 22.3 Å². The molecule has 0 fully saturated rings. The summed E-state index contributed by atoms with van der Waals surface area (Å²) in [5.74, 6) is -0.588. The molecule has 0 aliphatic rings. The van der Waals surface area contributed by atoms with E-state index in [2.05, 4.69) is 4.72 Å². The van der Waals surface area contributed by atoms with Crippen LogP contribution in [0.25, 0.3) is 0 Å². The van der Waals surface area contributed by atoms with Crippen LogP contribution in [-0.4, -0.2) is 8.42 Å². The van der Waals surface area contributed by atoms with Crippen molar-refractivity contribution in [1.29, 1.82) is 0 Å². The Morgan fingerprint density at radius 3 is 2.05 bits per heavy atom. The maximum Gasteiger partial charge on any atom is 0.262 e. The number of sulfonamides is 1. The standard InChI is InChI=1S/C16H17FINO2S/c1-9-7-10(2)12(4)16(11(9)3)22(20,21)19-15-6-5-13(18)8-14(15)17/h5-8,19H,1-4H3. The molecule has 0 amide bonds. The molecule has 118 valence electrons. The molecule has 0 aromatic heterocycles. The van der Waals surface area contributed by atoms with Gasteiger partial charge in [-0.25, -0.2) is 12.8 Å². The zero-order chi connectivity index (χ0) is 16.7. The summed E-state index contributed by atoms with van der Waals surface area (Å²) in [5.41, 5.74) is 3.11. The second-order valence-electron chi connectivity index (χ2n) is 5.32. The van der Waals surface area contributed by atoms with Crippen molar-refractivity contribution in [3.05, 3.63) is 55.9 Å². The van der Waals surface area contributed by atoms with Gasteiger partial charge in [-0.3, -0.25) is 4.72 Å². The minimum atomic E-state index is -3.85. The Kier molecular flexibility index (Phi) is 4.81. The summed E-state index contributed by atoms with van der Waals surface area (Å²) in [6.07, 6.45) is 0. The van der Waals surface area contributed by atoms with E-state index in [1.807, 2.05) is 42.5 Å². The van der Waals surface area contributed by atoms with Gasteiger partial charge in [-0.05, 0) is 90.7 Å². The molecule has 2 rings (SSSR count). The minimum Gasteiger partial charge on any atom is -0.277 e. The van der Waals surface area contributed by atoms with Crippen LogP contribution in [0.3, 0.4) is 0 Å². The number of aryl methyl sites for hydroxylation is 2. The van der Waals surface area contributed by atoms with E-state index in [0.29, 0.717) is 14.7 Å². The summed E-state index contributed by atoms with van der Waals surface area (Å²) in [5, 5.41) is 0. The predicted octanol–water partition coefficient (Wildman–Crippen LogP) is 4.46. The average Bonchev–Trinajstić information content (AvgIpc) is 2.40. The van der Waals surface area contributed by atoms with Crippen molar-refractivity contribution >= 4 is 38.3 Å². The summed E-state index contributed by atoms with van der Waals surface area (Å²) in [7, 11) is -3.85. The number of rotatable bonds is 3. The molecular weight excluding hydrogens is 416 g/mol. The molecular formula is C16H17FINO2S. The van der Waals surface area contributed by atoms with Crippen LogP contribution >= 0.6 is 22.6 Å². The Labute approximate surface area is 144 Å². The van der Waals surface area contributed by atoms with Gasteiger partial charge < -0.3 is 0 Å². The van der Waals surface area contributed by atoms with Gasteiger partial charge >= 0.3 is 0 Å². The molecule has 0 atom stereocenters. The van der Waals surface area contributed by atoms with Crippen molar-refractivity contribution in [2.24, 2.45) is 0 Å². The quantitative estimate of drug-likeness (QED) is 0.727. The van der Waals surface area contributed by atoms with Gasteiger partial charge in [0, 0.05) is 3.57 Å². The molecule has 2 aromatic carbocycles. The molecule has 0 aliphatic heterocycles. The first kappa shape index (κ1) is 17.2. The molecule has 0 radical (unpaired) electrons. The zero-order valence-corrected chi connectivity index (χ0v) is 15.8. The molecule has 0 spiro atoms. The summed E-state index contributed by atoms with van der Waals surface area (Å²) in [6, 6.07) is 6.33. The van der Waals surface area contributed by atoms with E-state index < -0.39 is 15.8 Å². The number of benzene rings is 2. The average molecular weight is 433 g/mol. The van der Waals surface area contributed by atoms with Gasteiger partial charge in [-0.15, -0.1) is 0 Å². The molecule has 0 saturated heterocycles. The lowest BCUT2D eigenvalue weighted by molar-refractivity contribution is 0.597. The van der Waals surface area contributed by atoms with E-state index in [0.717, 1.165) is 11.1 Å². The van der Waals surface area contributed by atoms with Crippen LogP contribution in [0, 0.1) is 37.1 Å². The van der Waals surface area contributed by atoms with Crippen molar-refractivity contribution in [3.63, 3.8) is 0 Å². The lowest BCUT2D eigenvalue weighted by atomic mass is 10.0. The number of hydrogen-bond acceptors (Lipinski definition) is 2. The van der Waals surface area contributed by atoms with Gasteiger partial charge in [0.2, 0.25) is 0 Å². The second kappa shape index (κ2) is 6.16. The van der Waals surface area contributed by atoms with Crippen molar-refractivity contribution in [3.8, 4) is 0 Å². The Morgan fingerprint density at radius 1 is 1.00 bits per heavy atom. The predicted molar refractivity (Wildman–Crippen MR) is 95.3 cm³/mol. The summed E-state index contributed by atoms with van der Waals surface area (Å²) < 4.78 is 42.4. The first-order chi connectivity index (χ1) is 10.1. The largest absolute Gasteiger partial charge is 0.277 e. The second-order valence-corrected chi connectivity index (χ2v) is 8.18. The van der Waals surface area contributed by atoms with Crippen LogP contribution in [0.5, 0.6) is 0 Å². The van der Waals surface area contributed by atoms with Gasteiger partial charge in [-0.2, -0.15) is 0 Å². The SMILES string of the molecule is Cc1cc(C)c(C)c(S(=O)(=O)Nc2ccc(I)cc2F)c1C. The third-order valence-corrected chi connectivity index (χ3v) is 6.05. The lowest BCUT2D eigenvalue weighted by Crippen LogP contribution is -2.17. The first-order valence-corrected chi connectivity index (χ1v) is 9.25. The van der Waals surface area contributed by atoms with Crippen LogP contribution in [-0.2, 0) is 10.0 Å². The molecule has 1 N–H and O–H groups in total. The molecule has 0 saturated carbocycles. The van der Waals surface area contributed by atoms with Crippen LogP contribution in [0.15, 0.2) is 29.2 Å². The molecule has 0 aliphatic carbocycles. The molecule has 0 heterocycles. The molecule has 0 bridgehead atoms. The van der Waals surface area contributed by atoms with Crippen LogP contribution in [0.2, 0.25) is 0 Å². The fourth-order valence-corrected chi connectivity index (χ4v) is 4.49. The number of halogens is 2. The highest BCUT2D eigenvalue weighted by molar-refractivity contribution is 14.1. The van der Waals surface area contributed by atoms with Crippen LogP contribution in [0.4, 0.5) is 10.1 Å². The Bertz CT molecular complexity index is 821. The van der Waals surface area contributed by atoms with E-state index in [4.69, 9.17) is 0 Å². The minimum absolute atomic E-state index is 0.0432. The molecule has 2 aromatic rings. The lowest BCUT2D eigenvalue weighted by Gasteiger charge is -2.17. The van der Waals surface area contributed by atoms with E-state index in [1.54, 1.807) is 19.9 Å². The normalized spacial score (nSPS) is 11.5. The number of nitrogens with one attached hydrogen (secondary N) is 1. The third kappa shape index (κ3) is 3.27. The zero-order valence-electron chi connectivity index (χ0n) is 12.8. The van der Waals surface area contributed by atoms with E-state index in [9.17, 15) is 12.8 Å².